The topological polar surface area (TPSA) is 159 Å². The lowest BCUT2D eigenvalue weighted by Crippen LogP contribution is -2.31. The Labute approximate surface area is 235 Å². The van der Waals surface area contributed by atoms with Crippen LogP contribution in [0.25, 0.3) is 0 Å². The Morgan fingerprint density at radius 3 is 2.41 bits per heavy atom. The molecule has 0 N–H and O–H groups in total. The van der Waals surface area contributed by atoms with Crippen LogP contribution < -0.4 is 4.90 Å². The second-order valence-electron chi connectivity index (χ2n) is 9.29. The molecule has 0 atom stereocenters. The number of nitriles is 1. The molecule has 0 aliphatic carbocycles. The van der Waals surface area contributed by atoms with E-state index in [1.54, 1.807) is 36.4 Å². The second kappa shape index (κ2) is 12.6. The lowest BCUT2D eigenvalue weighted by atomic mass is 10.1. The number of anilines is 1. The molecular weight excluding hydrogens is 528 g/mol. The number of carbonyl (C=O) groups excluding carboxylic acids is 3. The van der Waals surface area contributed by atoms with Crippen molar-refractivity contribution in [2.24, 2.45) is 10.2 Å². The summed E-state index contributed by atoms with van der Waals surface area (Å²) in [5, 5.41) is 28.4. The van der Waals surface area contributed by atoms with Crippen LogP contribution in [-0.4, -0.2) is 54.4 Å². The fraction of sp³-hybridized carbons (Fsp3) is 0.241. The van der Waals surface area contributed by atoms with Crippen molar-refractivity contribution < 1.29 is 24.0 Å². The number of ether oxygens (including phenoxy) is 1. The molecule has 208 valence electrons. The third kappa shape index (κ3) is 6.59. The Bertz CT molecular complexity index is 1560. The first-order valence-corrected chi connectivity index (χ1v) is 12.7. The maximum Gasteiger partial charge on any atom is 0.307 e. The van der Waals surface area contributed by atoms with E-state index in [2.05, 4.69) is 10.2 Å². The number of amides is 2. The number of nitrogens with zero attached hydrogens (tertiary/aromatic N) is 6. The summed E-state index contributed by atoms with van der Waals surface area (Å²) in [4.78, 5) is 50.5. The first kappa shape index (κ1) is 28.6. The average Bonchev–Trinajstić information content (AvgIpc) is 3.21. The largest absolute Gasteiger partial charge is 0.466 e. The number of hydrogen-bond donors (Lipinski definition) is 0. The molecule has 0 fully saturated rings. The van der Waals surface area contributed by atoms with Crippen molar-refractivity contribution in [3.05, 3.63) is 93.0 Å². The van der Waals surface area contributed by atoms with Crippen LogP contribution >= 0.6 is 0 Å². The quantitative estimate of drug-likeness (QED) is 0.0776. The van der Waals surface area contributed by atoms with Gasteiger partial charge in [-0.1, -0.05) is 12.1 Å². The Balaban J connectivity index is 1.24. The summed E-state index contributed by atoms with van der Waals surface area (Å²) < 4.78 is 5.30. The zero-order valence-electron chi connectivity index (χ0n) is 22.4. The van der Waals surface area contributed by atoms with Gasteiger partial charge in [-0.05, 0) is 55.3 Å². The highest BCUT2D eigenvalue weighted by Gasteiger charge is 2.34. The van der Waals surface area contributed by atoms with Crippen molar-refractivity contribution in [1.82, 2.24) is 4.90 Å². The van der Waals surface area contributed by atoms with E-state index in [1.807, 2.05) is 31.0 Å². The van der Waals surface area contributed by atoms with Crippen LogP contribution in [0.15, 0.2) is 70.9 Å². The summed E-state index contributed by atoms with van der Waals surface area (Å²) in [5.41, 5.74) is 3.13. The van der Waals surface area contributed by atoms with Gasteiger partial charge < -0.3 is 9.64 Å². The summed E-state index contributed by atoms with van der Waals surface area (Å²) in [5.74, 6) is -1.06. The van der Waals surface area contributed by atoms with Gasteiger partial charge in [-0.3, -0.25) is 29.4 Å². The number of fused-ring (bicyclic) bond motifs is 1. The van der Waals surface area contributed by atoms with Gasteiger partial charge in [-0.15, -0.1) is 5.11 Å². The van der Waals surface area contributed by atoms with Gasteiger partial charge in [0, 0.05) is 38.0 Å². The molecule has 12 heteroatoms. The van der Waals surface area contributed by atoms with E-state index < -0.39 is 10.9 Å². The van der Waals surface area contributed by atoms with Gasteiger partial charge in [0.15, 0.2) is 0 Å². The van der Waals surface area contributed by atoms with Crippen molar-refractivity contribution in [3.8, 4) is 6.07 Å². The predicted octanol–water partition coefficient (Wildman–Crippen LogP) is 5.25. The molecule has 2 amide bonds. The van der Waals surface area contributed by atoms with Gasteiger partial charge in [-0.25, -0.2) is 0 Å². The maximum atomic E-state index is 12.4. The molecule has 0 bridgehead atoms. The van der Waals surface area contributed by atoms with E-state index in [1.165, 1.54) is 17.0 Å². The third-order valence-corrected chi connectivity index (χ3v) is 6.49. The molecule has 41 heavy (non-hydrogen) atoms. The van der Waals surface area contributed by atoms with Crippen molar-refractivity contribution in [1.29, 1.82) is 5.26 Å². The van der Waals surface area contributed by atoms with Gasteiger partial charge in [0.1, 0.15) is 11.8 Å². The van der Waals surface area contributed by atoms with Crippen LogP contribution in [0.1, 0.15) is 44.7 Å². The summed E-state index contributed by atoms with van der Waals surface area (Å²) in [6.07, 6.45) is 0.486. The molecule has 3 aromatic carbocycles. The van der Waals surface area contributed by atoms with Crippen LogP contribution in [0.2, 0.25) is 0 Å². The molecule has 0 aromatic heterocycles. The van der Waals surface area contributed by atoms with E-state index in [0.29, 0.717) is 29.8 Å². The predicted molar refractivity (Wildman–Crippen MR) is 148 cm³/mol. The highest BCUT2D eigenvalue weighted by molar-refractivity contribution is 6.21. The van der Waals surface area contributed by atoms with Gasteiger partial charge in [0.25, 0.3) is 17.5 Å². The van der Waals surface area contributed by atoms with Crippen LogP contribution in [-0.2, 0) is 9.53 Å². The van der Waals surface area contributed by atoms with Crippen molar-refractivity contribution in [3.63, 3.8) is 0 Å². The van der Waals surface area contributed by atoms with Crippen molar-refractivity contribution in [2.75, 3.05) is 31.6 Å². The number of esters is 1. The number of benzene rings is 3. The fourth-order valence-electron chi connectivity index (χ4n) is 4.36. The standard InChI is InChI=1S/C29H26N6O6/c1-19-16-21(31-32-25-10-9-22(35(39)40)17-20(25)18-30)8-11-26(19)33(2)14-12-27(36)41-15-5-13-34-28(37)23-6-3-4-7-24(23)29(34)38/h3-4,6-11,16-17H,5,12-15H2,1-2H3. The molecular formula is C29H26N6O6. The Morgan fingerprint density at radius 1 is 1.07 bits per heavy atom. The lowest BCUT2D eigenvalue weighted by Gasteiger charge is -2.21. The minimum absolute atomic E-state index is 0.0477. The monoisotopic (exact) mass is 554 g/mol. The molecule has 0 spiro atoms. The number of non-ortho nitro benzene ring substituents is 1. The highest BCUT2D eigenvalue weighted by atomic mass is 16.6. The minimum Gasteiger partial charge on any atom is -0.466 e. The number of hydrogen-bond acceptors (Lipinski definition) is 10. The molecule has 1 aliphatic rings. The van der Waals surface area contributed by atoms with Gasteiger partial charge in [0.2, 0.25) is 0 Å². The van der Waals surface area contributed by atoms with E-state index in [-0.39, 0.29) is 48.3 Å². The van der Waals surface area contributed by atoms with Crippen molar-refractivity contribution in [2.45, 2.75) is 19.8 Å². The molecule has 1 heterocycles. The van der Waals surface area contributed by atoms with E-state index >= 15 is 0 Å². The average molecular weight is 555 g/mol. The highest BCUT2D eigenvalue weighted by Crippen LogP contribution is 2.29. The van der Waals surface area contributed by atoms with Crippen molar-refractivity contribution >= 4 is 40.5 Å². The van der Waals surface area contributed by atoms with Gasteiger partial charge in [0.05, 0.1) is 40.3 Å². The van der Waals surface area contributed by atoms with E-state index in [4.69, 9.17) is 4.74 Å². The van der Waals surface area contributed by atoms with E-state index in [0.717, 1.165) is 17.3 Å². The number of nitro benzene ring substituents is 1. The molecule has 4 rings (SSSR count). The third-order valence-electron chi connectivity index (χ3n) is 6.49. The molecule has 1 aliphatic heterocycles. The molecule has 0 unspecified atom stereocenters. The zero-order valence-corrected chi connectivity index (χ0v) is 22.4. The fourth-order valence-corrected chi connectivity index (χ4v) is 4.36. The first-order chi connectivity index (χ1) is 19.7. The Hall–Kier alpha value is -5.44. The molecule has 0 saturated heterocycles. The molecule has 3 aromatic rings. The van der Waals surface area contributed by atoms with Gasteiger partial charge in [-0.2, -0.15) is 10.4 Å². The SMILES string of the molecule is Cc1cc(N=Nc2ccc([N+](=O)[O-])cc2C#N)ccc1N(C)CCC(=O)OCCCN1C(=O)c2ccccc2C1=O. The number of imide groups is 1. The second-order valence-corrected chi connectivity index (χ2v) is 9.29. The van der Waals surface area contributed by atoms with Crippen LogP contribution in [0.4, 0.5) is 22.7 Å². The van der Waals surface area contributed by atoms with Gasteiger partial charge >= 0.3 is 5.97 Å². The summed E-state index contributed by atoms with van der Waals surface area (Å²) >= 11 is 0. The van der Waals surface area contributed by atoms with Crippen LogP contribution in [0.5, 0.6) is 0 Å². The first-order valence-electron chi connectivity index (χ1n) is 12.7. The normalized spacial score (nSPS) is 12.4. The smallest absolute Gasteiger partial charge is 0.307 e. The number of azo groups is 1. The molecule has 0 radical (unpaired) electrons. The van der Waals surface area contributed by atoms with Crippen LogP contribution in [0.3, 0.4) is 0 Å². The summed E-state index contributed by atoms with van der Waals surface area (Å²) in [6.45, 7) is 2.55. The number of rotatable bonds is 11. The van der Waals surface area contributed by atoms with Crippen LogP contribution in [0, 0.1) is 28.4 Å². The number of nitro groups is 1. The Kier molecular flexibility index (Phi) is 8.79. The van der Waals surface area contributed by atoms with E-state index in [9.17, 15) is 29.8 Å². The summed E-state index contributed by atoms with van der Waals surface area (Å²) in [6, 6.07) is 17.7. The lowest BCUT2D eigenvalue weighted by molar-refractivity contribution is -0.384. The molecule has 12 nitrogen and oxygen atoms in total. The number of carbonyl (C=O) groups is 3. The zero-order chi connectivity index (χ0) is 29.5. The molecule has 0 saturated carbocycles. The maximum absolute atomic E-state index is 12.4. The summed E-state index contributed by atoms with van der Waals surface area (Å²) in [7, 11) is 1.84. The number of aryl methyl sites for hydroxylation is 1. The Morgan fingerprint density at radius 2 is 1.78 bits per heavy atom. The minimum atomic E-state index is -0.582.